The molecule has 0 aliphatic rings. The van der Waals surface area contributed by atoms with Gasteiger partial charge in [-0.15, -0.1) is 11.3 Å². The van der Waals surface area contributed by atoms with Crippen molar-refractivity contribution in [2.24, 2.45) is 0 Å². The van der Waals surface area contributed by atoms with Gasteiger partial charge in [-0.1, -0.05) is 0 Å². The third kappa shape index (κ3) is 6.07. The smallest absolute Gasteiger partial charge is 0.408 e. The molecule has 1 amide bonds. The van der Waals surface area contributed by atoms with Crippen molar-refractivity contribution < 1.29 is 19.4 Å². The van der Waals surface area contributed by atoms with Crippen LogP contribution in [0, 0.1) is 0 Å². The van der Waals surface area contributed by atoms with Crippen LogP contribution in [0.15, 0.2) is 15.2 Å². The van der Waals surface area contributed by atoms with Crippen molar-refractivity contribution in [3.05, 3.63) is 20.8 Å². The van der Waals surface area contributed by atoms with E-state index in [1.54, 1.807) is 20.8 Å². The average Bonchev–Trinajstić information content (AvgIpc) is 2.60. The molecule has 7 heteroatoms. The molecule has 0 bridgehead atoms. The van der Waals surface area contributed by atoms with Gasteiger partial charge in [-0.2, -0.15) is 0 Å². The van der Waals surface area contributed by atoms with E-state index in [0.717, 1.165) is 9.35 Å². The zero-order valence-corrected chi connectivity index (χ0v) is 13.3. The van der Waals surface area contributed by atoms with Crippen LogP contribution in [0.2, 0.25) is 0 Å². The van der Waals surface area contributed by atoms with E-state index >= 15 is 0 Å². The maximum atomic E-state index is 11.6. The lowest BCUT2D eigenvalue weighted by atomic mass is 10.1. The first-order valence-electron chi connectivity index (χ1n) is 5.62. The number of alkyl carbamates (subject to hydrolysis) is 1. The summed E-state index contributed by atoms with van der Waals surface area (Å²) >= 11 is 4.78. The van der Waals surface area contributed by atoms with Gasteiger partial charge in [-0.05, 0) is 53.7 Å². The zero-order valence-electron chi connectivity index (χ0n) is 10.9. The normalized spacial score (nSPS) is 12.8. The summed E-state index contributed by atoms with van der Waals surface area (Å²) in [6.45, 7) is 5.16. The highest BCUT2D eigenvalue weighted by Crippen LogP contribution is 2.21. The van der Waals surface area contributed by atoms with Crippen LogP contribution in [0.3, 0.4) is 0 Å². The number of hydrogen-bond donors (Lipinski definition) is 2. The molecule has 1 aromatic heterocycles. The van der Waals surface area contributed by atoms with E-state index in [-0.39, 0.29) is 6.42 Å². The minimum absolute atomic E-state index is 0.219. The molecule has 1 heterocycles. The van der Waals surface area contributed by atoms with E-state index in [1.165, 1.54) is 11.3 Å². The van der Waals surface area contributed by atoms with Gasteiger partial charge >= 0.3 is 12.1 Å². The molecule has 1 atom stereocenters. The van der Waals surface area contributed by atoms with Gasteiger partial charge in [0.1, 0.15) is 11.6 Å². The lowest BCUT2D eigenvalue weighted by Gasteiger charge is -2.21. The fourth-order valence-electron chi connectivity index (χ4n) is 1.34. The summed E-state index contributed by atoms with van der Waals surface area (Å²) in [4.78, 5) is 22.7. The van der Waals surface area contributed by atoms with Crippen molar-refractivity contribution in [2.45, 2.75) is 38.8 Å². The molecule has 0 spiro atoms. The summed E-state index contributed by atoms with van der Waals surface area (Å²) < 4.78 is 5.96. The van der Waals surface area contributed by atoms with Crippen molar-refractivity contribution in [3.63, 3.8) is 0 Å². The lowest BCUT2D eigenvalue weighted by molar-refractivity contribution is -0.139. The van der Waals surface area contributed by atoms with E-state index in [0.29, 0.717) is 0 Å². The Labute approximate surface area is 124 Å². The minimum atomic E-state index is -1.09. The van der Waals surface area contributed by atoms with Crippen molar-refractivity contribution >= 4 is 39.3 Å². The molecular weight excluding hydrogens is 334 g/mol. The quantitative estimate of drug-likeness (QED) is 0.875. The van der Waals surface area contributed by atoms with Crippen molar-refractivity contribution in [1.29, 1.82) is 0 Å². The number of halogens is 1. The molecule has 0 aliphatic carbocycles. The SMILES string of the molecule is CC(C)(C)OC(=O)N[C@@H](Cc1csc(Br)c1)C(=O)O. The minimum Gasteiger partial charge on any atom is -0.480 e. The summed E-state index contributed by atoms with van der Waals surface area (Å²) in [6.07, 6.45) is -0.509. The van der Waals surface area contributed by atoms with Gasteiger partial charge in [0.25, 0.3) is 0 Å². The molecule has 5 nitrogen and oxygen atoms in total. The Morgan fingerprint density at radius 3 is 2.58 bits per heavy atom. The third-order valence-electron chi connectivity index (χ3n) is 2.05. The molecule has 2 N–H and O–H groups in total. The van der Waals surface area contributed by atoms with Crippen LogP contribution < -0.4 is 5.32 Å². The van der Waals surface area contributed by atoms with Crippen molar-refractivity contribution in [3.8, 4) is 0 Å². The molecule has 0 radical (unpaired) electrons. The molecular formula is C12H16BrNO4S. The highest BCUT2D eigenvalue weighted by molar-refractivity contribution is 9.11. The van der Waals surface area contributed by atoms with Crippen LogP contribution in [0.4, 0.5) is 4.79 Å². The van der Waals surface area contributed by atoms with Gasteiger partial charge in [-0.3, -0.25) is 0 Å². The molecule has 0 saturated carbocycles. The summed E-state index contributed by atoms with van der Waals surface area (Å²) in [6, 6.07) is 0.827. The van der Waals surface area contributed by atoms with E-state index in [4.69, 9.17) is 9.84 Å². The van der Waals surface area contributed by atoms with Crippen molar-refractivity contribution in [1.82, 2.24) is 5.32 Å². The Morgan fingerprint density at radius 1 is 1.53 bits per heavy atom. The Hall–Kier alpha value is -1.08. The first-order chi connectivity index (χ1) is 8.67. The fraction of sp³-hybridized carbons (Fsp3) is 0.500. The molecule has 106 valence electrons. The van der Waals surface area contributed by atoms with Crippen LogP contribution in [0.25, 0.3) is 0 Å². The number of carbonyl (C=O) groups is 2. The Morgan fingerprint density at radius 2 is 2.16 bits per heavy atom. The second-order valence-corrected chi connectivity index (χ2v) is 7.29. The number of carboxylic acids is 1. The van der Waals surface area contributed by atoms with E-state index in [2.05, 4.69) is 21.2 Å². The second kappa shape index (κ2) is 6.38. The largest absolute Gasteiger partial charge is 0.480 e. The van der Waals surface area contributed by atoms with Gasteiger partial charge in [-0.25, -0.2) is 9.59 Å². The van der Waals surface area contributed by atoms with Crippen molar-refractivity contribution in [2.75, 3.05) is 0 Å². The second-order valence-electron chi connectivity index (χ2n) is 5.00. The molecule has 0 aromatic carbocycles. The van der Waals surface area contributed by atoms with Gasteiger partial charge in [0.05, 0.1) is 3.79 Å². The number of aliphatic carboxylic acids is 1. The number of carboxylic acid groups (broad SMARTS) is 1. The average molecular weight is 350 g/mol. The molecule has 0 unspecified atom stereocenters. The Balaban J connectivity index is 2.63. The van der Waals surface area contributed by atoms with Crippen LogP contribution in [-0.2, 0) is 16.0 Å². The maximum Gasteiger partial charge on any atom is 0.408 e. The van der Waals surface area contributed by atoms with Gasteiger partial charge < -0.3 is 15.2 Å². The van der Waals surface area contributed by atoms with E-state index in [1.807, 2.05) is 11.4 Å². The van der Waals surface area contributed by atoms with Crippen LogP contribution >= 0.6 is 27.3 Å². The Bertz CT molecular complexity index is 467. The number of ether oxygens (including phenoxy) is 1. The molecule has 0 aliphatic heterocycles. The molecule has 0 fully saturated rings. The topological polar surface area (TPSA) is 75.6 Å². The first-order valence-corrected chi connectivity index (χ1v) is 7.30. The highest BCUT2D eigenvalue weighted by atomic mass is 79.9. The van der Waals surface area contributed by atoms with E-state index in [9.17, 15) is 9.59 Å². The molecule has 19 heavy (non-hydrogen) atoms. The number of rotatable bonds is 4. The van der Waals surface area contributed by atoms with E-state index < -0.39 is 23.7 Å². The van der Waals surface area contributed by atoms with Gasteiger partial charge in [0, 0.05) is 6.42 Å². The molecule has 0 saturated heterocycles. The highest BCUT2D eigenvalue weighted by Gasteiger charge is 2.24. The Kier molecular flexibility index (Phi) is 5.37. The number of hydrogen-bond acceptors (Lipinski definition) is 4. The molecule has 1 aromatic rings. The maximum absolute atomic E-state index is 11.6. The summed E-state index contributed by atoms with van der Waals surface area (Å²) in [5, 5.41) is 13.3. The van der Waals surface area contributed by atoms with Crippen LogP contribution in [0.1, 0.15) is 26.3 Å². The third-order valence-corrected chi connectivity index (χ3v) is 3.60. The predicted octanol–water partition coefficient (Wildman–Crippen LogP) is 3.03. The van der Waals surface area contributed by atoms with Crippen LogP contribution in [0.5, 0.6) is 0 Å². The number of amides is 1. The van der Waals surface area contributed by atoms with Crippen LogP contribution in [-0.4, -0.2) is 28.8 Å². The summed E-state index contributed by atoms with van der Waals surface area (Å²) in [5.74, 6) is -1.09. The number of nitrogens with one attached hydrogen (secondary N) is 1. The molecule has 1 rings (SSSR count). The van der Waals surface area contributed by atoms with Gasteiger partial charge in [0.2, 0.25) is 0 Å². The number of carbonyl (C=O) groups excluding carboxylic acids is 1. The van der Waals surface area contributed by atoms with Gasteiger partial charge in [0.15, 0.2) is 0 Å². The standard InChI is InChI=1S/C12H16BrNO4S/c1-12(2,3)18-11(17)14-8(10(15)16)4-7-5-9(13)19-6-7/h5-6,8H,4H2,1-3H3,(H,14,17)(H,15,16)/t8-/m0/s1. The first kappa shape index (κ1) is 16.0. The number of thiophene rings is 1. The predicted molar refractivity (Wildman–Crippen MR) is 76.5 cm³/mol. The zero-order chi connectivity index (χ0) is 14.6. The fourth-order valence-corrected chi connectivity index (χ4v) is 2.56. The monoisotopic (exact) mass is 349 g/mol. The lowest BCUT2D eigenvalue weighted by Crippen LogP contribution is -2.44. The summed E-state index contributed by atoms with van der Waals surface area (Å²) in [7, 11) is 0. The summed E-state index contributed by atoms with van der Waals surface area (Å²) in [5.41, 5.74) is 0.193.